The van der Waals surface area contributed by atoms with Gasteiger partial charge in [-0.1, -0.05) is 65.5 Å². The van der Waals surface area contributed by atoms with E-state index in [9.17, 15) is 9.46 Å². The van der Waals surface area contributed by atoms with Crippen molar-refractivity contribution in [2.45, 2.75) is 79.1 Å². The second kappa shape index (κ2) is 10.9. The van der Waals surface area contributed by atoms with Crippen LogP contribution in [-0.2, 0) is 28.4 Å². The molecule has 0 heterocycles. The molecule has 138 valence electrons. The van der Waals surface area contributed by atoms with Crippen LogP contribution in [0.1, 0.15) is 76.5 Å². The molecule has 0 bridgehead atoms. The number of benzene rings is 1. The van der Waals surface area contributed by atoms with Crippen LogP contribution in [0.5, 0.6) is 5.75 Å². The molecule has 0 amide bonds. The van der Waals surface area contributed by atoms with Gasteiger partial charge in [-0.2, -0.15) is 0 Å². The fraction of sp³-hybridized carbons (Fsp3) is 0.684. The Balaban J connectivity index is 2.73. The zero-order chi connectivity index (χ0) is 18.0. The van der Waals surface area contributed by atoms with Crippen LogP contribution >= 0.6 is 7.82 Å². The highest BCUT2D eigenvalue weighted by Crippen LogP contribution is 2.46. The van der Waals surface area contributed by atoms with E-state index >= 15 is 0 Å². The monoisotopic (exact) mass is 356 g/mol. The van der Waals surface area contributed by atoms with Crippen LogP contribution in [0, 0.1) is 0 Å². The smallest absolute Gasteiger partial charge is 0.404 e. The highest BCUT2D eigenvalue weighted by molar-refractivity contribution is 7.47. The van der Waals surface area contributed by atoms with Crippen molar-refractivity contribution in [2.24, 2.45) is 0 Å². The van der Waals surface area contributed by atoms with E-state index < -0.39 is 7.82 Å². The first-order valence-electron chi connectivity index (χ1n) is 9.28. The summed E-state index contributed by atoms with van der Waals surface area (Å²) in [5, 5.41) is 0. The average Bonchev–Trinajstić information content (AvgIpc) is 2.57. The molecule has 0 aliphatic carbocycles. The van der Waals surface area contributed by atoms with Crippen molar-refractivity contribution in [1.29, 1.82) is 0 Å². The maximum Gasteiger partial charge on any atom is 0.527 e. The van der Waals surface area contributed by atoms with Crippen molar-refractivity contribution in [3.05, 3.63) is 28.8 Å². The Hall–Kier alpha value is -0.830. The van der Waals surface area contributed by atoms with E-state index in [0.29, 0.717) is 5.75 Å². The SMILES string of the molecule is CCCCCCCOP(=O)(O)Oc1c(CC)cc(CC)cc1CC. The van der Waals surface area contributed by atoms with Gasteiger partial charge in [-0.3, -0.25) is 9.42 Å². The van der Waals surface area contributed by atoms with E-state index in [-0.39, 0.29) is 6.61 Å². The minimum absolute atomic E-state index is 0.257. The maximum atomic E-state index is 12.3. The Kier molecular flexibility index (Phi) is 9.65. The third-order valence-corrected chi connectivity index (χ3v) is 5.10. The topological polar surface area (TPSA) is 55.8 Å². The van der Waals surface area contributed by atoms with Gasteiger partial charge in [0.15, 0.2) is 0 Å². The molecule has 0 aliphatic heterocycles. The van der Waals surface area contributed by atoms with Crippen LogP contribution in [0.25, 0.3) is 0 Å². The highest BCUT2D eigenvalue weighted by Gasteiger charge is 2.25. The van der Waals surface area contributed by atoms with Gasteiger partial charge in [-0.15, -0.1) is 0 Å². The molecule has 1 aromatic rings. The second-order valence-electron chi connectivity index (χ2n) is 6.11. The molecule has 0 spiro atoms. The standard InChI is InChI=1S/C19H33O4P/c1-5-9-10-11-12-13-22-24(20,21)23-19-17(7-3)14-16(6-2)15-18(19)8-4/h14-15H,5-13H2,1-4H3,(H,20,21). The zero-order valence-electron chi connectivity index (χ0n) is 15.6. The lowest BCUT2D eigenvalue weighted by atomic mass is 9.99. The lowest BCUT2D eigenvalue weighted by Crippen LogP contribution is -2.04. The van der Waals surface area contributed by atoms with E-state index in [1.54, 1.807) is 0 Å². The van der Waals surface area contributed by atoms with E-state index in [4.69, 9.17) is 9.05 Å². The summed E-state index contributed by atoms with van der Waals surface area (Å²) in [5.41, 5.74) is 3.15. The quantitative estimate of drug-likeness (QED) is 0.377. The summed E-state index contributed by atoms with van der Waals surface area (Å²) in [5.74, 6) is 0.522. The van der Waals surface area contributed by atoms with Crippen LogP contribution in [0.15, 0.2) is 12.1 Å². The summed E-state index contributed by atoms with van der Waals surface area (Å²) in [6.45, 7) is 8.57. The van der Waals surface area contributed by atoms with Crippen LogP contribution in [-0.4, -0.2) is 11.5 Å². The summed E-state index contributed by atoms with van der Waals surface area (Å²) < 4.78 is 22.9. The van der Waals surface area contributed by atoms with Gasteiger partial charge in [0.2, 0.25) is 0 Å². The molecule has 1 rings (SSSR count). The second-order valence-corrected chi connectivity index (χ2v) is 7.49. The van der Waals surface area contributed by atoms with E-state index in [1.807, 2.05) is 13.8 Å². The van der Waals surface area contributed by atoms with Crippen molar-refractivity contribution >= 4 is 7.82 Å². The zero-order valence-corrected chi connectivity index (χ0v) is 16.5. The van der Waals surface area contributed by atoms with Crippen LogP contribution < -0.4 is 4.52 Å². The van der Waals surface area contributed by atoms with Crippen molar-refractivity contribution < 1.29 is 18.5 Å². The minimum atomic E-state index is -4.07. The first-order valence-corrected chi connectivity index (χ1v) is 10.8. The molecule has 0 saturated carbocycles. The van der Waals surface area contributed by atoms with Crippen molar-refractivity contribution in [1.82, 2.24) is 0 Å². The molecule has 0 fully saturated rings. The fourth-order valence-corrected chi connectivity index (χ4v) is 3.58. The molecule has 0 aliphatic rings. The third kappa shape index (κ3) is 6.96. The predicted molar refractivity (Wildman–Crippen MR) is 99.7 cm³/mol. The first-order chi connectivity index (χ1) is 11.5. The number of unbranched alkanes of at least 4 members (excludes halogenated alkanes) is 4. The molecule has 1 atom stereocenters. The van der Waals surface area contributed by atoms with E-state index in [0.717, 1.165) is 49.7 Å². The predicted octanol–water partition coefficient (Wildman–Crippen LogP) is 5.84. The fourth-order valence-electron chi connectivity index (χ4n) is 2.70. The Morgan fingerprint density at radius 2 is 1.50 bits per heavy atom. The van der Waals surface area contributed by atoms with Crippen LogP contribution in [0.3, 0.4) is 0 Å². The molecule has 24 heavy (non-hydrogen) atoms. The summed E-state index contributed by atoms with van der Waals surface area (Å²) in [7, 11) is -4.07. The Bertz CT molecular complexity index is 517. The molecular formula is C19H33O4P. The minimum Gasteiger partial charge on any atom is -0.404 e. The molecule has 0 saturated heterocycles. The number of phosphoric ester groups is 1. The molecule has 5 heteroatoms. The lowest BCUT2D eigenvalue weighted by Gasteiger charge is -2.19. The summed E-state index contributed by atoms with van der Waals surface area (Å²) >= 11 is 0. The molecule has 1 N–H and O–H groups in total. The molecule has 1 unspecified atom stereocenters. The van der Waals surface area contributed by atoms with Gasteiger partial charge < -0.3 is 4.52 Å². The van der Waals surface area contributed by atoms with Gasteiger partial charge in [-0.25, -0.2) is 4.57 Å². The van der Waals surface area contributed by atoms with Crippen molar-refractivity contribution in [3.8, 4) is 5.75 Å². The van der Waals surface area contributed by atoms with Crippen LogP contribution in [0.2, 0.25) is 0 Å². The van der Waals surface area contributed by atoms with Gasteiger partial charge in [0.25, 0.3) is 0 Å². The molecule has 0 aromatic heterocycles. The Morgan fingerprint density at radius 3 is 2.00 bits per heavy atom. The molecular weight excluding hydrogens is 323 g/mol. The highest BCUT2D eigenvalue weighted by atomic mass is 31.2. The van der Waals surface area contributed by atoms with Gasteiger partial charge in [0.1, 0.15) is 5.75 Å². The maximum absolute atomic E-state index is 12.3. The summed E-state index contributed by atoms with van der Waals surface area (Å²) in [4.78, 5) is 10.0. The third-order valence-electron chi connectivity index (χ3n) is 4.18. The number of aryl methyl sites for hydroxylation is 3. The number of phosphoric acid groups is 1. The summed E-state index contributed by atoms with van der Waals surface area (Å²) in [6.07, 6.45) is 7.75. The van der Waals surface area contributed by atoms with Gasteiger partial charge in [0, 0.05) is 0 Å². The molecule has 0 radical (unpaired) electrons. The Morgan fingerprint density at radius 1 is 0.917 bits per heavy atom. The number of rotatable bonds is 12. The van der Waals surface area contributed by atoms with Crippen molar-refractivity contribution in [3.63, 3.8) is 0 Å². The van der Waals surface area contributed by atoms with Gasteiger partial charge >= 0.3 is 7.82 Å². The molecule has 4 nitrogen and oxygen atoms in total. The van der Waals surface area contributed by atoms with Gasteiger partial charge in [0.05, 0.1) is 6.61 Å². The number of hydrogen-bond acceptors (Lipinski definition) is 3. The first kappa shape index (κ1) is 21.2. The largest absolute Gasteiger partial charge is 0.527 e. The van der Waals surface area contributed by atoms with E-state index in [2.05, 4.69) is 26.0 Å². The number of hydrogen-bond donors (Lipinski definition) is 1. The van der Waals surface area contributed by atoms with Crippen molar-refractivity contribution in [2.75, 3.05) is 6.61 Å². The lowest BCUT2D eigenvalue weighted by molar-refractivity contribution is 0.198. The van der Waals surface area contributed by atoms with E-state index in [1.165, 1.54) is 18.4 Å². The average molecular weight is 356 g/mol. The van der Waals surface area contributed by atoms with Crippen LogP contribution in [0.4, 0.5) is 0 Å². The van der Waals surface area contributed by atoms with Gasteiger partial charge in [-0.05, 0) is 42.4 Å². The molecule has 1 aromatic carbocycles. The Labute approximate surface area is 147 Å². The normalized spacial score (nSPS) is 13.7. The summed E-state index contributed by atoms with van der Waals surface area (Å²) in [6, 6.07) is 4.11.